The molecule has 0 N–H and O–H groups in total. The molecule has 2 rings (SSSR count). The van der Waals surface area contributed by atoms with E-state index in [2.05, 4.69) is 0 Å². The summed E-state index contributed by atoms with van der Waals surface area (Å²) in [5.74, 6) is -0.0891. The van der Waals surface area contributed by atoms with Crippen molar-refractivity contribution in [2.45, 2.75) is 25.7 Å². The Balaban J connectivity index is 2.23. The van der Waals surface area contributed by atoms with E-state index >= 15 is 0 Å². The number of benzene rings is 1. The molecule has 15 heavy (non-hydrogen) atoms. The average molecular weight is 227 g/mol. The summed E-state index contributed by atoms with van der Waals surface area (Å²) in [5, 5.41) is 0.436. The highest BCUT2D eigenvalue weighted by atomic mass is 35.5. The van der Waals surface area contributed by atoms with Gasteiger partial charge in [0.15, 0.2) is 0 Å². The topological polar surface area (TPSA) is 17.1 Å². The summed E-state index contributed by atoms with van der Waals surface area (Å²) in [4.78, 5) is 11.4. The lowest BCUT2D eigenvalue weighted by molar-refractivity contribution is -0.120. The summed E-state index contributed by atoms with van der Waals surface area (Å²) in [6.45, 7) is 1.83. The highest BCUT2D eigenvalue weighted by molar-refractivity contribution is 6.31. The maximum atomic E-state index is 13.5. The van der Waals surface area contributed by atoms with E-state index in [1.807, 2.05) is 6.92 Å². The molecule has 0 bridgehead atoms. The fraction of sp³-hybridized carbons (Fsp3) is 0.417. The molecule has 80 valence electrons. The lowest BCUT2D eigenvalue weighted by Gasteiger charge is -2.04. The van der Waals surface area contributed by atoms with E-state index in [1.165, 1.54) is 6.07 Å². The Morgan fingerprint density at radius 2 is 2.33 bits per heavy atom. The number of hydrogen-bond donors (Lipinski definition) is 0. The van der Waals surface area contributed by atoms with Crippen LogP contribution in [0.15, 0.2) is 18.2 Å². The predicted octanol–water partition coefficient (Wildman–Crippen LogP) is 3.56. The fourth-order valence-electron chi connectivity index (χ4n) is 2.00. The summed E-state index contributed by atoms with van der Waals surface area (Å²) in [6.07, 6.45) is 1.26. The van der Waals surface area contributed by atoms with Crippen molar-refractivity contribution < 1.29 is 9.18 Å². The smallest absolute Gasteiger partial charge is 0.136 e. The molecular formula is C12H12ClFO. The molecule has 2 atom stereocenters. The van der Waals surface area contributed by atoms with Gasteiger partial charge in [0.25, 0.3) is 0 Å². The molecule has 1 nitrogen and oxygen atoms in total. The fourth-order valence-corrected chi connectivity index (χ4v) is 2.30. The minimum absolute atomic E-state index is 0.00569. The van der Waals surface area contributed by atoms with Gasteiger partial charge in [0.2, 0.25) is 0 Å². The van der Waals surface area contributed by atoms with Crippen molar-refractivity contribution in [3.8, 4) is 0 Å². The molecule has 2 unspecified atom stereocenters. The quantitative estimate of drug-likeness (QED) is 0.770. The molecule has 0 amide bonds. The van der Waals surface area contributed by atoms with Gasteiger partial charge in [-0.3, -0.25) is 4.79 Å². The van der Waals surface area contributed by atoms with Gasteiger partial charge >= 0.3 is 0 Å². The Bertz CT molecular complexity index is 382. The second-order valence-corrected chi connectivity index (χ2v) is 4.31. The SMILES string of the molecule is CCC(=O)C1CC1c1c(F)cccc1Cl. The van der Waals surface area contributed by atoms with Crippen LogP contribution in [0.1, 0.15) is 31.2 Å². The minimum atomic E-state index is -0.293. The van der Waals surface area contributed by atoms with E-state index in [-0.39, 0.29) is 23.4 Å². The van der Waals surface area contributed by atoms with Crippen LogP contribution < -0.4 is 0 Å². The van der Waals surface area contributed by atoms with Gasteiger partial charge < -0.3 is 0 Å². The number of carbonyl (C=O) groups is 1. The molecule has 0 heterocycles. The molecule has 1 saturated carbocycles. The maximum Gasteiger partial charge on any atom is 0.136 e. The Hall–Kier alpha value is -0.890. The molecule has 1 aromatic rings. The normalized spacial score (nSPS) is 23.9. The Kier molecular flexibility index (Phi) is 2.79. The van der Waals surface area contributed by atoms with E-state index in [1.54, 1.807) is 12.1 Å². The van der Waals surface area contributed by atoms with Crippen molar-refractivity contribution in [2.75, 3.05) is 0 Å². The molecule has 1 aliphatic carbocycles. The molecular weight excluding hydrogens is 215 g/mol. The second kappa shape index (κ2) is 3.93. The molecule has 1 fully saturated rings. The summed E-state index contributed by atoms with van der Waals surface area (Å²) in [6, 6.07) is 4.65. The van der Waals surface area contributed by atoms with E-state index < -0.39 is 0 Å². The van der Waals surface area contributed by atoms with Crippen LogP contribution in [0.25, 0.3) is 0 Å². The Morgan fingerprint density at radius 3 is 2.93 bits per heavy atom. The van der Waals surface area contributed by atoms with Gasteiger partial charge in [-0.25, -0.2) is 4.39 Å². The summed E-state index contributed by atoms with van der Waals surface area (Å²) < 4.78 is 13.5. The maximum absolute atomic E-state index is 13.5. The highest BCUT2D eigenvalue weighted by Crippen LogP contribution is 2.51. The average Bonchev–Trinajstić information content (AvgIpc) is 2.96. The number of ketones is 1. The van der Waals surface area contributed by atoms with Gasteiger partial charge in [-0.1, -0.05) is 24.6 Å². The zero-order valence-electron chi connectivity index (χ0n) is 8.47. The van der Waals surface area contributed by atoms with Crippen LogP contribution in [0, 0.1) is 11.7 Å². The van der Waals surface area contributed by atoms with Crippen LogP contribution in [0.5, 0.6) is 0 Å². The van der Waals surface area contributed by atoms with Gasteiger partial charge in [0.05, 0.1) is 0 Å². The third-order valence-electron chi connectivity index (χ3n) is 2.92. The van der Waals surface area contributed by atoms with E-state index in [0.717, 1.165) is 6.42 Å². The van der Waals surface area contributed by atoms with Crippen molar-refractivity contribution in [3.63, 3.8) is 0 Å². The van der Waals surface area contributed by atoms with Crippen LogP contribution in [-0.2, 0) is 4.79 Å². The number of Topliss-reactive ketones (excluding diaryl/α,β-unsaturated/α-hetero) is 1. The predicted molar refractivity (Wildman–Crippen MR) is 57.6 cm³/mol. The van der Waals surface area contributed by atoms with Crippen molar-refractivity contribution in [1.29, 1.82) is 0 Å². The van der Waals surface area contributed by atoms with Crippen LogP contribution in [0.3, 0.4) is 0 Å². The van der Waals surface area contributed by atoms with Gasteiger partial charge in [-0.2, -0.15) is 0 Å². The van der Waals surface area contributed by atoms with Gasteiger partial charge in [0.1, 0.15) is 11.6 Å². The second-order valence-electron chi connectivity index (χ2n) is 3.90. The van der Waals surface area contributed by atoms with Crippen LogP contribution in [0.4, 0.5) is 4.39 Å². The van der Waals surface area contributed by atoms with Crippen molar-refractivity contribution >= 4 is 17.4 Å². The summed E-state index contributed by atoms with van der Waals surface area (Å²) in [7, 11) is 0. The van der Waals surface area contributed by atoms with Crippen LogP contribution >= 0.6 is 11.6 Å². The first kappa shape index (κ1) is 10.6. The molecule has 0 aromatic heterocycles. The van der Waals surface area contributed by atoms with Crippen LogP contribution in [-0.4, -0.2) is 5.78 Å². The van der Waals surface area contributed by atoms with Gasteiger partial charge in [-0.15, -0.1) is 0 Å². The first-order valence-electron chi connectivity index (χ1n) is 5.11. The molecule has 0 saturated heterocycles. The lowest BCUT2D eigenvalue weighted by atomic mass is 10.1. The molecule has 1 aromatic carbocycles. The Morgan fingerprint density at radius 1 is 1.60 bits per heavy atom. The molecule has 0 spiro atoms. The first-order chi connectivity index (χ1) is 7.15. The number of carbonyl (C=O) groups excluding carboxylic acids is 1. The zero-order chi connectivity index (χ0) is 11.0. The third-order valence-corrected chi connectivity index (χ3v) is 3.25. The van der Waals surface area contributed by atoms with Crippen LogP contribution in [0.2, 0.25) is 5.02 Å². The van der Waals surface area contributed by atoms with Gasteiger partial charge in [0, 0.05) is 22.9 Å². The standard InChI is InChI=1S/C12H12ClFO/c1-2-11(15)7-6-8(7)12-9(13)4-3-5-10(12)14/h3-5,7-8H,2,6H2,1H3. The Labute approximate surface area is 93.2 Å². The van der Waals surface area contributed by atoms with Crippen molar-refractivity contribution in [1.82, 2.24) is 0 Å². The zero-order valence-corrected chi connectivity index (χ0v) is 9.22. The minimum Gasteiger partial charge on any atom is -0.299 e. The molecule has 0 radical (unpaired) electrons. The third kappa shape index (κ3) is 1.91. The first-order valence-corrected chi connectivity index (χ1v) is 5.49. The molecule has 3 heteroatoms. The van der Waals surface area contributed by atoms with Crippen molar-refractivity contribution in [3.05, 3.63) is 34.6 Å². The highest BCUT2D eigenvalue weighted by Gasteiger charge is 2.44. The van der Waals surface area contributed by atoms with Crippen molar-refractivity contribution in [2.24, 2.45) is 5.92 Å². The van der Waals surface area contributed by atoms with E-state index in [0.29, 0.717) is 17.0 Å². The molecule has 1 aliphatic rings. The largest absolute Gasteiger partial charge is 0.299 e. The number of hydrogen-bond acceptors (Lipinski definition) is 1. The lowest BCUT2D eigenvalue weighted by Crippen LogP contribution is -2.00. The monoisotopic (exact) mass is 226 g/mol. The van der Waals surface area contributed by atoms with Gasteiger partial charge in [-0.05, 0) is 24.5 Å². The summed E-state index contributed by atoms with van der Waals surface area (Å²) >= 11 is 5.93. The summed E-state index contributed by atoms with van der Waals surface area (Å²) in [5.41, 5.74) is 0.519. The van der Waals surface area contributed by atoms with E-state index in [4.69, 9.17) is 11.6 Å². The number of rotatable bonds is 3. The molecule has 0 aliphatic heterocycles. The number of halogens is 2. The van der Waals surface area contributed by atoms with E-state index in [9.17, 15) is 9.18 Å².